The third kappa shape index (κ3) is 1.46. The summed E-state index contributed by atoms with van der Waals surface area (Å²) in [5.74, 6) is -0.900. The van der Waals surface area contributed by atoms with E-state index in [-0.39, 0.29) is 0 Å². The van der Waals surface area contributed by atoms with E-state index in [2.05, 4.69) is 5.10 Å². The van der Waals surface area contributed by atoms with Gasteiger partial charge in [0.2, 0.25) is 0 Å². The van der Waals surface area contributed by atoms with Crippen molar-refractivity contribution in [2.45, 2.75) is 0 Å². The van der Waals surface area contributed by atoms with Gasteiger partial charge in [-0.05, 0) is 18.2 Å². The first kappa shape index (κ1) is 8.00. The van der Waals surface area contributed by atoms with Gasteiger partial charge in [-0.25, -0.2) is 9.48 Å². The minimum Gasteiger partial charge on any atom is -0.477 e. The summed E-state index contributed by atoms with van der Waals surface area (Å²) in [4.78, 5) is 10.9. The summed E-state index contributed by atoms with van der Waals surface area (Å²) < 4.78 is 1.64. The molecule has 1 N–H and O–H groups in total. The van der Waals surface area contributed by atoms with Crippen molar-refractivity contribution in [2.75, 3.05) is 0 Å². The molecular weight excluding hydrogens is 188 g/mol. The Morgan fingerprint density at radius 1 is 1.54 bits per heavy atom. The van der Waals surface area contributed by atoms with Gasteiger partial charge in [-0.3, -0.25) is 0 Å². The molecule has 0 radical (unpaired) electrons. The van der Waals surface area contributed by atoms with Crippen LogP contribution in [0.1, 0.15) is 9.67 Å². The number of hydrogen-bond acceptors (Lipinski definition) is 3. The molecule has 0 bridgehead atoms. The predicted molar refractivity (Wildman–Crippen MR) is 48.4 cm³/mol. The lowest BCUT2D eigenvalue weighted by atomic mass is 10.5. The van der Waals surface area contributed by atoms with Gasteiger partial charge in [0.15, 0.2) is 0 Å². The van der Waals surface area contributed by atoms with E-state index < -0.39 is 5.97 Å². The molecular formula is C8H6N2O2S. The first-order valence-electron chi connectivity index (χ1n) is 3.60. The fraction of sp³-hybridized carbons (Fsp3) is 0. The molecule has 2 aromatic heterocycles. The summed E-state index contributed by atoms with van der Waals surface area (Å²) in [6.07, 6.45) is 3.43. The molecule has 0 fully saturated rings. The Labute approximate surface area is 78.1 Å². The Balaban J connectivity index is 2.39. The SMILES string of the molecule is O=C(O)c1ccc(-n2cccn2)s1. The lowest BCUT2D eigenvalue weighted by molar-refractivity contribution is 0.0702. The molecule has 0 atom stereocenters. The van der Waals surface area contributed by atoms with Crippen molar-refractivity contribution in [3.05, 3.63) is 35.5 Å². The summed E-state index contributed by atoms with van der Waals surface area (Å²) >= 11 is 1.20. The maximum atomic E-state index is 10.6. The van der Waals surface area contributed by atoms with Gasteiger partial charge < -0.3 is 5.11 Å². The lowest BCUT2D eigenvalue weighted by Gasteiger charge is -1.92. The Kier molecular flexibility index (Phi) is 1.86. The third-order valence-electron chi connectivity index (χ3n) is 1.53. The van der Waals surface area contributed by atoms with Crippen molar-refractivity contribution in [2.24, 2.45) is 0 Å². The second-order valence-corrected chi connectivity index (χ2v) is 3.46. The van der Waals surface area contributed by atoms with Crippen LogP contribution in [0.3, 0.4) is 0 Å². The largest absolute Gasteiger partial charge is 0.477 e. The van der Waals surface area contributed by atoms with E-state index in [1.54, 1.807) is 35.3 Å². The van der Waals surface area contributed by atoms with Gasteiger partial charge in [0, 0.05) is 12.4 Å². The van der Waals surface area contributed by atoms with Gasteiger partial charge in [-0.1, -0.05) is 0 Å². The fourth-order valence-corrected chi connectivity index (χ4v) is 1.75. The van der Waals surface area contributed by atoms with Crippen LogP contribution < -0.4 is 0 Å². The Hall–Kier alpha value is -1.62. The molecule has 0 saturated heterocycles. The van der Waals surface area contributed by atoms with Crippen LogP contribution in [0.2, 0.25) is 0 Å². The van der Waals surface area contributed by atoms with E-state index in [1.165, 1.54) is 11.3 Å². The number of aromatic carboxylic acids is 1. The molecule has 2 aromatic rings. The molecule has 5 heteroatoms. The van der Waals surface area contributed by atoms with Crippen LogP contribution in [0.4, 0.5) is 0 Å². The van der Waals surface area contributed by atoms with Gasteiger partial charge in [-0.15, -0.1) is 11.3 Å². The summed E-state index contributed by atoms with van der Waals surface area (Å²) in [6, 6.07) is 5.10. The lowest BCUT2D eigenvalue weighted by Crippen LogP contribution is -1.91. The molecule has 4 nitrogen and oxygen atoms in total. The van der Waals surface area contributed by atoms with E-state index in [4.69, 9.17) is 5.11 Å². The van der Waals surface area contributed by atoms with Crippen molar-refractivity contribution in [3.63, 3.8) is 0 Å². The van der Waals surface area contributed by atoms with Crippen LogP contribution in [-0.2, 0) is 0 Å². The summed E-state index contributed by atoms with van der Waals surface area (Å²) in [7, 11) is 0. The number of carboxylic acid groups (broad SMARTS) is 1. The summed E-state index contributed by atoms with van der Waals surface area (Å²) in [5.41, 5.74) is 0. The van der Waals surface area contributed by atoms with Crippen molar-refractivity contribution in [3.8, 4) is 5.00 Å². The standard InChI is InChI=1S/C8H6N2O2S/c11-8(12)6-2-3-7(13-6)10-5-1-4-9-10/h1-5H,(H,11,12). The Morgan fingerprint density at radius 3 is 2.92 bits per heavy atom. The Bertz CT molecular complexity index is 419. The molecule has 0 spiro atoms. The molecule has 0 aliphatic carbocycles. The van der Waals surface area contributed by atoms with Crippen LogP contribution in [0.25, 0.3) is 5.00 Å². The minimum absolute atomic E-state index is 0.325. The highest BCUT2D eigenvalue weighted by Gasteiger charge is 2.07. The van der Waals surface area contributed by atoms with Crippen molar-refractivity contribution >= 4 is 17.3 Å². The van der Waals surface area contributed by atoms with Gasteiger partial charge in [-0.2, -0.15) is 5.10 Å². The molecule has 2 heterocycles. The minimum atomic E-state index is -0.900. The highest BCUT2D eigenvalue weighted by molar-refractivity contribution is 7.16. The van der Waals surface area contributed by atoms with Crippen LogP contribution >= 0.6 is 11.3 Å². The molecule has 0 aliphatic rings. The van der Waals surface area contributed by atoms with E-state index in [0.717, 1.165) is 5.00 Å². The van der Waals surface area contributed by atoms with Crippen LogP contribution in [0.5, 0.6) is 0 Å². The molecule has 0 aliphatic heterocycles. The third-order valence-corrected chi connectivity index (χ3v) is 2.60. The van der Waals surface area contributed by atoms with E-state index in [1.807, 2.05) is 0 Å². The van der Waals surface area contributed by atoms with Gasteiger partial charge in [0.1, 0.15) is 9.88 Å². The molecule has 0 amide bonds. The fourth-order valence-electron chi connectivity index (χ4n) is 0.965. The normalized spacial score (nSPS) is 10.2. The topological polar surface area (TPSA) is 55.1 Å². The van der Waals surface area contributed by atoms with Gasteiger partial charge in [0.25, 0.3) is 0 Å². The first-order valence-corrected chi connectivity index (χ1v) is 4.42. The van der Waals surface area contributed by atoms with E-state index >= 15 is 0 Å². The van der Waals surface area contributed by atoms with Gasteiger partial charge >= 0.3 is 5.97 Å². The molecule has 0 unspecified atom stereocenters. The summed E-state index contributed by atoms with van der Waals surface area (Å²) in [5, 5.41) is 13.5. The van der Waals surface area contributed by atoms with Crippen LogP contribution in [0.15, 0.2) is 30.6 Å². The number of carboxylic acids is 1. The number of aromatic nitrogens is 2. The molecule has 0 saturated carbocycles. The summed E-state index contributed by atoms with van der Waals surface area (Å²) in [6.45, 7) is 0. The zero-order valence-electron chi connectivity index (χ0n) is 6.54. The van der Waals surface area contributed by atoms with E-state index in [9.17, 15) is 4.79 Å². The highest BCUT2D eigenvalue weighted by Crippen LogP contribution is 2.19. The molecule has 2 rings (SSSR count). The number of nitrogens with zero attached hydrogens (tertiary/aromatic N) is 2. The number of rotatable bonds is 2. The van der Waals surface area contributed by atoms with Crippen LogP contribution in [0, 0.1) is 0 Å². The quantitative estimate of drug-likeness (QED) is 0.790. The van der Waals surface area contributed by atoms with Gasteiger partial charge in [0.05, 0.1) is 0 Å². The monoisotopic (exact) mass is 194 g/mol. The zero-order chi connectivity index (χ0) is 9.26. The maximum absolute atomic E-state index is 10.6. The number of thiophene rings is 1. The van der Waals surface area contributed by atoms with Crippen molar-refractivity contribution < 1.29 is 9.90 Å². The first-order chi connectivity index (χ1) is 6.27. The number of hydrogen-bond donors (Lipinski definition) is 1. The van der Waals surface area contributed by atoms with Crippen molar-refractivity contribution in [1.82, 2.24) is 9.78 Å². The Morgan fingerprint density at radius 2 is 2.38 bits per heavy atom. The number of carbonyl (C=O) groups is 1. The molecule has 0 aromatic carbocycles. The van der Waals surface area contributed by atoms with E-state index in [0.29, 0.717) is 4.88 Å². The average Bonchev–Trinajstić information content (AvgIpc) is 2.75. The maximum Gasteiger partial charge on any atom is 0.345 e. The zero-order valence-corrected chi connectivity index (χ0v) is 7.36. The molecule has 66 valence electrons. The second kappa shape index (κ2) is 3.02. The predicted octanol–water partition coefficient (Wildman–Crippen LogP) is 1.63. The van der Waals surface area contributed by atoms with Crippen molar-refractivity contribution in [1.29, 1.82) is 0 Å². The van der Waals surface area contributed by atoms with Crippen LogP contribution in [-0.4, -0.2) is 20.9 Å². The highest BCUT2D eigenvalue weighted by atomic mass is 32.1. The average molecular weight is 194 g/mol. The smallest absolute Gasteiger partial charge is 0.345 e. The molecule has 13 heavy (non-hydrogen) atoms. The second-order valence-electron chi connectivity index (χ2n) is 2.39.